The number of rotatable bonds is 4. The molecule has 7 nitrogen and oxygen atoms in total. The number of amides is 1. The minimum Gasteiger partial charge on any atom is -0.337 e. The molecular formula is C22H24F3N5O2. The summed E-state index contributed by atoms with van der Waals surface area (Å²) in [5.74, 6) is -0.333. The Morgan fingerprint density at radius 3 is 2.69 bits per heavy atom. The molecule has 0 radical (unpaired) electrons. The van der Waals surface area contributed by atoms with Gasteiger partial charge in [-0.05, 0) is 43.7 Å². The first-order chi connectivity index (χ1) is 15.2. The van der Waals surface area contributed by atoms with Crippen LogP contribution < -0.4 is 0 Å². The van der Waals surface area contributed by atoms with Gasteiger partial charge in [-0.15, -0.1) is 0 Å². The average Bonchev–Trinajstić information content (AvgIpc) is 3.33. The van der Waals surface area contributed by atoms with E-state index in [2.05, 4.69) is 20.3 Å². The van der Waals surface area contributed by atoms with Crippen molar-refractivity contribution in [1.82, 2.24) is 25.2 Å². The van der Waals surface area contributed by atoms with E-state index in [0.29, 0.717) is 36.7 Å². The molecular weight excluding hydrogens is 423 g/mol. The smallest absolute Gasteiger partial charge is 0.337 e. The number of hydrogen-bond donors (Lipinski definition) is 1. The predicted octanol–water partition coefficient (Wildman–Crippen LogP) is 4.99. The number of nitrogens with one attached hydrogen (secondary N) is 1. The zero-order valence-corrected chi connectivity index (χ0v) is 17.9. The van der Waals surface area contributed by atoms with Gasteiger partial charge in [-0.3, -0.25) is 9.89 Å². The first-order valence-electron chi connectivity index (χ1n) is 10.9. The van der Waals surface area contributed by atoms with Gasteiger partial charge in [-0.25, -0.2) is 4.98 Å². The standard InChI is InChI=1S/C22H24F3N5O2/c1-11(2)15-8-14(22(23,24)25)18-19(29-32-20(18)26-15)13-4-3-7-30(10-13)21(31)17-9-16(27-28-17)12-5-6-12/h8-9,11-13H,3-7,10H2,1-2H3,(H,27,28). The molecule has 1 saturated heterocycles. The van der Waals surface area contributed by atoms with Crippen LogP contribution in [0.5, 0.6) is 0 Å². The first-order valence-corrected chi connectivity index (χ1v) is 10.9. The summed E-state index contributed by atoms with van der Waals surface area (Å²) < 4.78 is 47.0. The molecule has 1 aliphatic carbocycles. The molecule has 1 atom stereocenters. The van der Waals surface area contributed by atoms with Gasteiger partial charge in [-0.1, -0.05) is 19.0 Å². The number of H-pyrrole nitrogens is 1. The molecule has 3 aromatic rings. The highest BCUT2D eigenvalue weighted by molar-refractivity contribution is 5.92. The summed E-state index contributed by atoms with van der Waals surface area (Å²) in [6.45, 7) is 4.34. The molecule has 4 heterocycles. The third-order valence-electron chi connectivity index (χ3n) is 6.32. The van der Waals surface area contributed by atoms with Crippen molar-refractivity contribution in [2.45, 2.75) is 63.5 Å². The molecule has 1 saturated carbocycles. The van der Waals surface area contributed by atoms with Crippen molar-refractivity contribution in [1.29, 1.82) is 0 Å². The van der Waals surface area contributed by atoms with E-state index in [1.165, 1.54) is 0 Å². The fourth-order valence-corrected chi connectivity index (χ4v) is 4.39. The number of hydrogen-bond acceptors (Lipinski definition) is 5. The van der Waals surface area contributed by atoms with E-state index < -0.39 is 11.7 Å². The Morgan fingerprint density at radius 2 is 2.00 bits per heavy atom. The van der Waals surface area contributed by atoms with Crippen LogP contribution >= 0.6 is 0 Å². The van der Waals surface area contributed by atoms with Crippen molar-refractivity contribution < 1.29 is 22.5 Å². The van der Waals surface area contributed by atoms with Crippen molar-refractivity contribution in [3.05, 3.63) is 40.5 Å². The Balaban J connectivity index is 1.46. The number of pyridine rings is 1. The highest BCUT2D eigenvalue weighted by atomic mass is 19.4. The topological polar surface area (TPSA) is 87.9 Å². The Morgan fingerprint density at radius 1 is 1.22 bits per heavy atom. The Bertz CT molecular complexity index is 1160. The second-order valence-corrected chi connectivity index (χ2v) is 9.07. The number of likely N-dealkylation sites (tertiary alicyclic amines) is 1. The first kappa shape index (κ1) is 21.0. The van der Waals surface area contributed by atoms with Crippen LogP contribution in [0.3, 0.4) is 0 Å². The van der Waals surface area contributed by atoms with Crippen molar-refractivity contribution in [2.75, 3.05) is 13.1 Å². The number of carbonyl (C=O) groups excluding carboxylic acids is 1. The van der Waals surface area contributed by atoms with E-state index >= 15 is 0 Å². The molecule has 1 N–H and O–H groups in total. The largest absolute Gasteiger partial charge is 0.417 e. The summed E-state index contributed by atoms with van der Waals surface area (Å²) in [6.07, 6.45) is -1.11. The maximum absolute atomic E-state index is 13.9. The maximum atomic E-state index is 13.9. The molecule has 0 spiro atoms. The number of alkyl halides is 3. The summed E-state index contributed by atoms with van der Waals surface area (Å²) in [5, 5.41) is 11.0. The lowest BCUT2D eigenvalue weighted by Gasteiger charge is -2.31. The molecule has 2 fully saturated rings. The zero-order valence-electron chi connectivity index (χ0n) is 17.9. The van der Waals surface area contributed by atoms with E-state index in [1.807, 2.05) is 0 Å². The fraction of sp³-hybridized carbons (Fsp3) is 0.545. The molecule has 1 amide bonds. The highest BCUT2D eigenvalue weighted by Gasteiger charge is 2.39. The monoisotopic (exact) mass is 447 g/mol. The molecule has 1 aliphatic heterocycles. The van der Waals surface area contributed by atoms with Gasteiger partial charge in [0.1, 0.15) is 5.69 Å². The average molecular weight is 447 g/mol. The molecule has 10 heteroatoms. The fourth-order valence-electron chi connectivity index (χ4n) is 4.39. The Hall–Kier alpha value is -2.91. The van der Waals surface area contributed by atoms with E-state index in [9.17, 15) is 18.0 Å². The normalized spacial score (nSPS) is 19.8. The lowest BCUT2D eigenvalue weighted by Crippen LogP contribution is -2.39. The zero-order chi connectivity index (χ0) is 22.6. The van der Waals surface area contributed by atoms with Crippen LogP contribution in [0.4, 0.5) is 13.2 Å². The molecule has 3 aromatic heterocycles. The third kappa shape index (κ3) is 3.75. The van der Waals surface area contributed by atoms with Crippen LogP contribution in [-0.2, 0) is 6.18 Å². The summed E-state index contributed by atoms with van der Waals surface area (Å²) >= 11 is 0. The third-order valence-corrected chi connectivity index (χ3v) is 6.32. The van der Waals surface area contributed by atoms with E-state index in [1.54, 1.807) is 24.8 Å². The molecule has 170 valence electrons. The molecule has 5 rings (SSSR count). The molecule has 32 heavy (non-hydrogen) atoms. The highest BCUT2D eigenvalue weighted by Crippen LogP contribution is 2.41. The van der Waals surface area contributed by atoms with Crippen LogP contribution in [0.1, 0.15) is 90.4 Å². The van der Waals surface area contributed by atoms with Crippen molar-refractivity contribution in [3.8, 4) is 0 Å². The van der Waals surface area contributed by atoms with Crippen molar-refractivity contribution >= 4 is 17.0 Å². The second-order valence-electron chi connectivity index (χ2n) is 9.07. The van der Waals surface area contributed by atoms with Gasteiger partial charge >= 0.3 is 6.18 Å². The minimum atomic E-state index is -4.57. The van der Waals surface area contributed by atoms with Crippen LogP contribution in [0.15, 0.2) is 16.7 Å². The van der Waals surface area contributed by atoms with Gasteiger partial charge in [0.05, 0.1) is 16.6 Å². The summed E-state index contributed by atoms with van der Waals surface area (Å²) in [4.78, 5) is 18.9. The minimum absolute atomic E-state index is 0.100. The summed E-state index contributed by atoms with van der Waals surface area (Å²) in [7, 11) is 0. The maximum Gasteiger partial charge on any atom is 0.417 e. The van der Waals surface area contributed by atoms with Crippen LogP contribution in [-0.4, -0.2) is 44.2 Å². The molecule has 1 unspecified atom stereocenters. The van der Waals surface area contributed by atoms with Gasteiger partial charge in [0, 0.05) is 36.3 Å². The van der Waals surface area contributed by atoms with Crippen LogP contribution in [0.2, 0.25) is 0 Å². The van der Waals surface area contributed by atoms with E-state index in [4.69, 9.17) is 4.52 Å². The molecule has 0 bridgehead atoms. The molecule has 0 aromatic carbocycles. The Kier molecular flexibility index (Phi) is 4.98. The number of aromatic nitrogens is 4. The number of nitrogens with zero attached hydrogens (tertiary/aromatic N) is 4. The SMILES string of the molecule is CC(C)c1cc(C(F)(F)F)c2c(C3CCCN(C(=O)c4cc(C5CC5)[nH]n4)C3)noc2n1. The van der Waals surface area contributed by atoms with Gasteiger partial charge < -0.3 is 9.42 Å². The summed E-state index contributed by atoms with van der Waals surface area (Å²) in [6, 6.07) is 2.87. The second kappa shape index (κ2) is 7.60. The quantitative estimate of drug-likeness (QED) is 0.609. The number of halogens is 3. The van der Waals surface area contributed by atoms with Crippen LogP contribution in [0, 0.1) is 0 Å². The van der Waals surface area contributed by atoms with E-state index in [-0.39, 0.29) is 41.1 Å². The molecule has 2 aliphatic rings. The number of piperidine rings is 1. The lowest BCUT2D eigenvalue weighted by atomic mass is 9.91. The lowest BCUT2D eigenvalue weighted by molar-refractivity contribution is -0.136. The number of carbonyl (C=O) groups is 1. The van der Waals surface area contributed by atoms with Gasteiger partial charge in [0.25, 0.3) is 11.6 Å². The van der Waals surface area contributed by atoms with Gasteiger partial charge in [-0.2, -0.15) is 18.3 Å². The Labute approximate surface area is 182 Å². The number of aromatic amines is 1. The van der Waals surface area contributed by atoms with Crippen molar-refractivity contribution in [3.63, 3.8) is 0 Å². The van der Waals surface area contributed by atoms with Crippen LogP contribution in [0.25, 0.3) is 11.1 Å². The van der Waals surface area contributed by atoms with Gasteiger partial charge in [0.2, 0.25) is 0 Å². The summed E-state index contributed by atoms with van der Waals surface area (Å²) in [5.41, 5.74) is 0.935. The predicted molar refractivity (Wildman–Crippen MR) is 109 cm³/mol. The van der Waals surface area contributed by atoms with E-state index in [0.717, 1.165) is 24.6 Å². The number of fused-ring (bicyclic) bond motifs is 1. The van der Waals surface area contributed by atoms with Crippen molar-refractivity contribution in [2.24, 2.45) is 0 Å². The van der Waals surface area contributed by atoms with Gasteiger partial charge in [0.15, 0.2) is 0 Å².